The van der Waals surface area contributed by atoms with Crippen molar-refractivity contribution in [3.63, 3.8) is 0 Å². The third kappa shape index (κ3) is 2.18. The molecular formula is C13H8BrNOS. The number of thiophene rings is 1. The summed E-state index contributed by atoms with van der Waals surface area (Å²) in [5.41, 5.74) is 1.92. The van der Waals surface area contributed by atoms with Crippen LogP contribution < -0.4 is 0 Å². The number of halogens is 1. The van der Waals surface area contributed by atoms with Gasteiger partial charge in [0.05, 0.1) is 4.88 Å². The van der Waals surface area contributed by atoms with E-state index in [1.165, 1.54) is 0 Å². The molecule has 0 aliphatic heterocycles. The highest BCUT2D eigenvalue weighted by atomic mass is 79.9. The third-order valence-corrected chi connectivity index (χ3v) is 3.83. The molecule has 4 heteroatoms. The standard InChI is InChI=1S/C13H8BrNOS/c14-10-5-3-9(4-6-10)12-8-11(15-16-12)13-2-1-7-17-13/h1-8H. The average Bonchev–Trinajstić information content (AvgIpc) is 3.00. The molecule has 2 heterocycles. The molecule has 0 unspecified atom stereocenters. The summed E-state index contributed by atoms with van der Waals surface area (Å²) >= 11 is 5.07. The fourth-order valence-corrected chi connectivity index (χ4v) is 2.51. The van der Waals surface area contributed by atoms with Crippen LogP contribution in [0.2, 0.25) is 0 Å². The van der Waals surface area contributed by atoms with Crippen molar-refractivity contribution in [2.75, 3.05) is 0 Å². The summed E-state index contributed by atoms with van der Waals surface area (Å²) in [5, 5.41) is 6.11. The number of rotatable bonds is 2. The van der Waals surface area contributed by atoms with Gasteiger partial charge in [-0.25, -0.2) is 0 Å². The molecule has 1 aromatic carbocycles. The van der Waals surface area contributed by atoms with Gasteiger partial charge in [-0.1, -0.05) is 39.3 Å². The van der Waals surface area contributed by atoms with Crippen molar-refractivity contribution in [2.24, 2.45) is 0 Å². The molecular weight excluding hydrogens is 298 g/mol. The molecule has 0 radical (unpaired) electrons. The largest absolute Gasteiger partial charge is 0.356 e. The Morgan fingerprint density at radius 3 is 2.65 bits per heavy atom. The first-order chi connectivity index (χ1) is 8.33. The van der Waals surface area contributed by atoms with Gasteiger partial charge in [-0.05, 0) is 23.6 Å². The van der Waals surface area contributed by atoms with Gasteiger partial charge in [0.1, 0.15) is 5.69 Å². The highest BCUT2D eigenvalue weighted by Gasteiger charge is 2.08. The van der Waals surface area contributed by atoms with E-state index < -0.39 is 0 Å². The van der Waals surface area contributed by atoms with Crippen LogP contribution in [0.4, 0.5) is 0 Å². The topological polar surface area (TPSA) is 26.0 Å². The predicted molar refractivity (Wildman–Crippen MR) is 73.0 cm³/mol. The second kappa shape index (κ2) is 4.47. The van der Waals surface area contributed by atoms with E-state index >= 15 is 0 Å². The van der Waals surface area contributed by atoms with Crippen LogP contribution >= 0.6 is 27.3 Å². The molecule has 0 saturated heterocycles. The highest BCUT2D eigenvalue weighted by molar-refractivity contribution is 9.10. The number of hydrogen-bond acceptors (Lipinski definition) is 3. The SMILES string of the molecule is Brc1ccc(-c2cc(-c3cccs3)no2)cc1. The lowest BCUT2D eigenvalue weighted by Crippen LogP contribution is -1.72. The summed E-state index contributed by atoms with van der Waals surface area (Å²) in [6, 6.07) is 14.0. The Labute approximate surface area is 111 Å². The Bertz CT molecular complexity index is 613. The molecule has 0 saturated carbocycles. The van der Waals surface area contributed by atoms with Gasteiger partial charge in [-0.3, -0.25) is 0 Å². The van der Waals surface area contributed by atoms with Gasteiger partial charge in [-0.15, -0.1) is 11.3 Å². The van der Waals surface area contributed by atoms with Crippen LogP contribution in [-0.4, -0.2) is 5.16 Å². The van der Waals surface area contributed by atoms with Crippen molar-refractivity contribution in [2.45, 2.75) is 0 Å². The van der Waals surface area contributed by atoms with Crippen molar-refractivity contribution < 1.29 is 4.52 Å². The Morgan fingerprint density at radius 1 is 1.12 bits per heavy atom. The van der Waals surface area contributed by atoms with Crippen molar-refractivity contribution in [3.05, 3.63) is 52.3 Å². The quantitative estimate of drug-likeness (QED) is 0.677. The van der Waals surface area contributed by atoms with Crippen LogP contribution in [0.5, 0.6) is 0 Å². The first kappa shape index (κ1) is 10.7. The monoisotopic (exact) mass is 305 g/mol. The second-order valence-electron chi connectivity index (χ2n) is 3.56. The van der Waals surface area contributed by atoms with Crippen LogP contribution in [0.1, 0.15) is 0 Å². The van der Waals surface area contributed by atoms with Crippen molar-refractivity contribution in [1.82, 2.24) is 5.16 Å². The van der Waals surface area contributed by atoms with Gasteiger partial charge < -0.3 is 4.52 Å². The van der Waals surface area contributed by atoms with E-state index in [0.29, 0.717) is 0 Å². The van der Waals surface area contributed by atoms with E-state index in [0.717, 1.165) is 26.4 Å². The van der Waals surface area contributed by atoms with Gasteiger partial charge in [-0.2, -0.15) is 0 Å². The van der Waals surface area contributed by atoms with Gasteiger partial charge in [0.2, 0.25) is 0 Å². The van der Waals surface area contributed by atoms with Crippen molar-refractivity contribution in [3.8, 4) is 21.9 Å². The number of benzene rings is 1. The van der Waals surface area contributed by atoms with E-state index in [-0.39, 0.29) is 0 Å². The van der Waals surface area contributed by atoms with Crippen molar-refractivity contribution >= 4 is 27.3 Å². The molecule has 0 aliphatic carbocycles. The molecule has 0 spiro atoms. The first-order valence-corrected chi connectivity index (χ1v) is 6.77. The van der Waals surface area contributed by atoms with Crippen molar-refractivity contribution in [1.29, 1.82) is 0 Å². The normalized spacial score (nSPS) is 10.6. The highest BCUT2D eigenvalue weighted by Crippen LogP contribution is 2.29. The molecule has 3 rings (SSSR count). The summed E-state index contributed by atoms with van der Waals surface area (Å²) in [5.74, 6) is 0.793. The summed E-state index contributed by atoms with van der Waals surface area (Å²) in [6.07, 6.45) is 0. The van der Waals surface area contributed by atoms with Gasteiger partial charge in [0.15, 0.2) is 5.76 Å². The molecule has 84 valence electrons. The molecule has 0 atom stereocenters. The molecule has 0 aliphatic rings. The van der Waals surface area contributed by atoms with E-state index in [4.69, 9.17) is 4.52 Å². The zero-order valence-electron chi connectivity index (χ0n) is 8.76. The van der Waals surface area contributed by atoms with E-state index in [1.54, 1.807) is 11.3 Å². The number of aromatic nitrogens is 1. The van der Waals surface area contributed by atoms with Crippen LogP contribution in [0, 0.1) is 0 Å². The zero-order valence-corrected chi connectivity index (χ0v) is 11.2. The second-order valence-corrected chi connectivity index (χ2v) is 5.42. The fraction of sp³-hybridized carbons (Fsp3) is 0. The average molecular weight is 306 g/mol. The molecule has 0 N–H and O–H groups in total. The minimum Gasteiger partial charge on any atom is -0.356 e. The summed E-state index contributed by atoms with van der Waals surface area (Å²) in [6.45, 7) is 0. The lowest BCUT2D eigenvalue weighted by atomic mass is 10.1. The molecule has 2 aromatic heterocycles. The molecule has 0 amide bonds. The molecule has 0 bridgehead atoms. The molecule has 17 heavy (non-hydrogen) atoms. The predicted octanol–water partition coefficient (Wildman–Crippen LogP) is 4.83. The van der Waals surface area contributed by atoms with Crippen LogP contribution in [0.3, 0.4) is 0 Å². The minimum atomic E-state index is 0.793. The molecule has 0 fully saturated rings. The van der Waals surface area contributed by atoms with Gasteiger partial charge in [0.25, 0.3) is 0 Å². The van der Waals surface area contributed by atoms with E-state index in [9.17, 15) is 0 Å². The van der Waals surface area contributed by atoms with Crippen LogP contribution in [0.25, 0.3) is 21.9 Å². The van der Waals surface area contributed by atoms with E-state index in [2.05, 4.69) is 21.1 Å². The lowest BCUT2D eigenvalue weighted by molar-refractivity contribution is 0.435. The molecule has 3 aromatic rings. The lowest BCUT2D eigenvalue weighted by Gasteiger charge is -1.94. The van der Waals surface area contributed by atoms with E-state index in [1.807, 2.05) is 47.8 Å². The smallest absolute Gasteiger partial charge is 0.167 e. The number of hydrogen-bond donors (Lipinski definition) is 0. The Hall–Kier alpha value is -1.39. The molecule has 2 nitrogen and oxygen atoms in total. The Kier molecular flexibility index (Phi) is 2.82. The maximum atomic E-state index is 5.36. The summed E-state index contributed by atoms with van der Waals surface area (Å²) in [7, 11) is 0. The Balaban J connectivity index is 1.98. The minimum absolute atomic E-state index is 0.793. The summed E-state index contributed by atoms with van der Waals surface area (Å²) in [4.78, 5) is 1.12. The Morgan fingerprint density at radius 2 is 1.94 bits per heavy atom. The van der Waals surface area contributed by atoms with Gasteiger partial charge >= 0.3 is 0 Å². The third-order valence-electron chi connectivity index (χ3n) is 2.41. The maximum absolute atomic E-state index is 5.36. The van der Waals surface area contributed by atoms with Crippen LogP contribution in [-0.2, 0) is 0 Å². The first-order valence-electron chi connectivity index (χ1n) is 5.09. The van der Waals surface area contributed by atoms with Crippen LogP contribution in [0.15, 0.2) is 56.8 Å². The fourth-order valence-electron chi connectivity index (χ4n) is 1.57. The zero-order chi connectivity index (χ0) is 11.7. The maximum Gasteiger partial charge on any atom is 0.167 e. The number of nitrogens with zero attached hydrogens (tertiary/aromatic N) is 1. The summed E-state index contributed by atoms with van der Waals surface area (Å²) < 4.78 is 6.41. The van der Waals surface area contributed by atoms with Gasteiger partial charge in [0, 0.05) is 16.1 Å².